The number of amides is 1. The topological polar surface area (TPSA) is 119 Å². The maximum Gasteiger partial charge on any atom is 0.332 e. The summed E-state index contributed by atoms with van der Waals surface area (Å²) in [6.45, 7) is 1.24. The fourth-order valence-corrected chi connectivity index (χ4v) is 4.51. The summed E-state index contributed by atoms with van der Waals surface area (Å²) >= 11 is 0. The maximum absolute atomic E-state index is 13.5. The average molecular weight is 498 g/mol. The third-order valence-corrected chi connectivity index (χ3v) is 6.27. The second-order valence-electron chi connectivity index (χ2n) is 8.55. The molecule has 0 bridgehead atoms. The monoisotopic (exact) mass is 497 g/mol. The predicted octanol–water partition coefficient (Wildman–Crippen LogP) is 1.77. The Kier molecular flexibility index (Phi) is 6.55. The molecule has 0 unspecified atom stereocenters. The zero-order valence-corrected chi connectivity index (χ0v) is 20.1. The van der Waals surface area contributed by atoms with Gasteiger partial charge in [0.15, 0.2) is 23.0 Å². The fourth-order valence-electron chi connectivity index (χ4n) is 4.51. The fraction of sp³-hybridized carbons (Fsp3) is 0.400. The van der Waals surface area contributed by atoms with Crippen molar-refractivity contribution in [2.75, 3.05) is 39.4 Å². The lowest BCUT2D eigenvalue weighted by molar-refractivity contribution is -0.116. The third kappa shape index (κ3) is 4.49. The quantitative estimate of drug-likeness (QED) is 0.525. The molecular weight excluding hydrogens is 470 g/mol. The van der Waals surface area contributed by atoms with Crippen molar-refractivity contribution in [3.63, 3.8) is 0 Å². The number of nitrogens with zero attached hydrogens (tertiary/aromatic N) is 2. The molecule has 11 nitrogen and oxygen atoms in total. The van der Waals surface area contributed by atoms with Crippen molar-refractivity contribution in [1.82, 2.24) is 9.13 Å². The SMILES string of the molecule is COc1cc2c(=O)n(C[C@@H]3CCCO3)c(=O)n(CC(=O)Nc3ccc4c(c3)OCCO4)c2cc1OC. The van der Waals surface area contributed by atoms with E-state index in [0.717, 1.165) is 17.4 Å². The molecule has 3 heterocycles. The summed E-state index contributed by atoms with van der Waals surface area (Å²) in [5.74, 6) is 1.36. The van der Waals surface area contributed by atoms with Crippen LogP contribution in [0.4, 0.5) is 5.69 Å². The van der Waals surface area contributed by atoms with Gasteiger partial charge < -0.3 is 29.0 Å². The number of carbonyl (C=O) groups excluding carboxylic acids is 1. The van der Waals surface area contributed by atoms with Gasteiger partial charge in [-0.1, -0.05) is 0 Å². The minimum absolute atomic E-state index is 0.103. The molecule has 3 aromatic rings. The minimum Gasteiger partial charge on any atom is -0.493 e. The van der Waals surface area contributed by atoms with Crippen molar-refractivity contribution >= 4 is 22.5 Å². The Bertz CT molecular complexity index is 1420. The Morgan fingerprint density at radius 2 is 1.75 bits per heavy atom. The molecular formula is C25H27N3O8. The number of anilines is 1. The Morgan fingerprint density at radius 1 is 1.00 bits per heavy atom. The molecule has 1 saturated heterocycles. The number of fused-ring (bicyclic) bond motifs is 2. The molecule has 5 rings (SSSR count). The Labute approximate surface area is 206 Å². The molecule has 190 valence electrons. The summed E-state index contributed by atoms with van der Waals surface area (Å²) in [7, 11) is 2.92. The summed E-state index contributed by atoms with van der Waals surface area (Å²) in [6.07, 6.45) is 1.37. The predicted molar refractivity (Wildman–Crippen MR) is 131 cm³/mol. The number of nitrogens with one attached hydrogen (secondary N) is 1. The molecule has 0 radical (unpaired) electrons. The molecule has 0 saturated carbocycles. The van der Waals surface area contributed by atoms with E-state index in [0.29, 0.717) is 48.5 Å². The summed E-state index contributed by atoms with van der Waals surface area (Å²) in [5.41, 5.74) is -0.320. The van der Waals surface area contributed by atoms with Crippen LogP contribution in [0.5, 0.6) is 23.0 Å². The van der Waals surface area contributed by atoms with Gasteiger partial charge in [0.25, 0.3) is 5.56 Å². The number of rotatable bonds is 7. The first kappa shape index (κ1) is 23.7. The minimum atomic E-state index is -0.604. The first-order valence-corrected chi connectivity index (χ1v) is 11.7. The Hall–Kier alpha value is -3.99. The van der Waals surface area contributed by atoms with Gasteiger partial charge in [-0.15, -0.1) is 0 Å². The van der Waals surface area contributed by atoms with Gasteiger partial charge in [-0.3, -0.25) is 18.7 Å². The molecule has 36 heavy (non-hydrogen) atoms. The lowest BCUT2D eigenvalue weighted by Gasteiger charge is -2.19. The first-order valence-electron chi connectivity index (χ1n) is 11.7. The van der Waals surface area contributed by atoms with E-state index in [4.69, 9.17) is 23.7 Å². The smallest absolute Gasteiger partial charge is 0.332 e. The largest absolute Gasteiger partial charge is 0.493 e. The average Bonchev–Trinajstić information content (AvgIpc) is 3.41. The highest BCUT2D eigenvalue weighted by atomic mass is 16.6. The van der Waals surface area contributed by atoms with Crippen LogP contribution in [0.15, 0.2) is 39.9 Å². The number of benzene rings is 2. The van der Waals surface area contributed by atoms with E-state index < -0.39 is 17.2 Å². The van der Waals surface area contributed by atoms with Crippen LogP contribution in [0.3, 0.4) is 0 Å². The Balaban J connectivity index is 1.54. The maximum atomic E-state index is 13.5. The van der Waals surface area contributed by atoms with Gasteiger partial charge in [0.2, 0.25) is 5.91 Å². The number of methoxy groups -OCH3 is 2. The van der Waals surface area contributed by atoms with Crippen LogP contribution in [0, 0.1) is 0 Å². The van der Waals surface area contributed by atoms with Gasteiger partial charge in [0.1, 0.15) is 19.8 Å². The first-order chi connectivity index (χ1) is 17.5. The zero-order valence-electron chi connectivity index (χ0n) is 20.1. The van der Waals surface area contributed by atoms with Crippen molar-refractivity contribution in [2.24, 2.45) is 0 Å². The number of carbonyl (C=O) groups is 1. The van der Waals surface area contributed by atoms with Crippen molar-refractivity contribution < 1.29 is 28.5 Å². The van der Waals surface area contributed by atoms with Crippen LogP contribution >= 0.6 is 0 Å². The Morgan fingerprint density at radius 3 is 2.47 bits per heavy atom. The molecule has 2 aliphatic heterocycles. The third-order valence-electron chi connectivity index (χ3n) is 6.27. The van der Waals surface area contributed by atoms with Gasteiger partial charge in [-0.2, -0.15) is 0 Å². The van der Waals surface area contributed by atoms with E-state index in [9.17, 15) is 14.4 Å². The lowest BCUT2D eigenvalue weighted by Crippen LogP contribution is -2.43. The van der Waals surface area contributed by atoms with E-state index in [1.54, 1.807) is 18.2 Å². The van der Waals surface area contributed by atoms with Crippen LogP contribution in [-0.4, -0.2) is 55.2 Å². The highest BCUT2D eigenvalue weighted by Crippen LogP contribution is 2.33. The molecule has 2 aromatic carbocycles. The summed E-state index contributed by atoms with van der Waals surface area (Å²) in [4.78, 5) is 39.9. The zero-order chi connectivity index (χ0) is 25.2. The van der Waals surface area contributed by atoms with E-state index in [-0.39, 0.29) is 30.1 Å². The van der Waals surface area contributed by atoms with E-state index in [1.165, 1.54) is 30.9 Å². The summed E-state index contributed by atoms with van der Waals surface area (Å²) in [6, 6.07) is 8.13. The number of hydrogen-bond donors (Lipinski definition) is 1. The van der Waals surface area contributed by atoms with Crippen LogP contribution in [0.25, 0.3) is 10.9 Å². The number of aromatic nitrogens is 2. The molecule has 1 atom stereocenters. The number of ether oxygens (including phenoxy) is 5. The molecule has 1 fully saturated rings. The highest BCUT2D eigenvalue weighted by molar-refractivity contribution is 5.92. The number of hydrogen-bond acceptors (Lipinski definition) is 8. The molecule has 0 aliphatic carbocycles. The molecule has 11 heteroatoms. The molecule has 0 spiro atoms. The van der Waals surface area contributed by atoms with Gasteiger partial charge >= 0.3 is 5.69 Å². The van der Waals surface area contributed by atoms with Crippen LogP contribution < -0.4 is 35.5 Å². The van der Waals surface area contributed by atoms with Gasteiger partial charge in [-0.05, 0) is 31.0 Å². The van der Waals surface area contributed by atoms with Gasteiger partial charge in [-0.25, -0.2) is 4.79 Å². The molecule has 1 N–H and O–H groups in total. The lowest BCUT2D eigenvalue weighted by atomic mass is 10.2. The molecule has 1 amide bonds. The van der Waals surface area contributed by atoms with Crippen molar-refractivity contribution in [1.29, 1.82) is 0 Å². The second kappa shape index (κ2) is 9.94. The van der Waals surface area contributed by atoms with Crippen molar-refractivity contribution in [2.45, 2.75) is 32.0 Å². The van der Waals surface area contributed by atoms with Crippen molar-refractivity contribution in [3.05, 3.63) is 51.2 Å². The van der Waals surface area contributed by atoms with Crippen molar-refractivity contribution in [3.8, 4) is 23.0 Å². The second-order valence-corrected chi connectivity index (χ2v) is 8.55. The van der Waals surface area contributed by atoms with Crippen LogP contribution in [0.1, 0.15) is 12.8 Å². The van der Waals surface area contributed by atoms with Crippen LogP contribution in [-0.2, 0) is 22.6 Å². The van der Waals surface area contributed by atoms with E-state index in [1.807, 2.05) is 0 Å². The highest BCUT2D eigenvalue weighted by Gasteiger charge is 2.23. The van der Waals surface area contributed by atoms with E-state index >= 15 is 0 Å². The van der Waals surface area contributed by atoms with Gasteiger partial charge in [0.05, 0.1) is 37.8 Å². The molecule has 2 aliphatic rings. The van der Waals surface area contributed by atoms with Gasteiger partial charge in [0, 0.05) is 24.4 Å². The van der Waals surface area contributed by atoms with Crippen LogP contribution in [0.2, 0.25) is 0 Å². The molecule has 1 aromatic heterocycles. The summed E-state index contributed by atoms with van der Waals surface area (Å²) < 4.78 is 29.9. The standard InChI is InChI=1S/C25H27N3O8/c1-32-20-11-17-18(12-21(20)33-2)27(25(31)28(24(17)30)13-16-4-3-7-34-16)14-23(29)26-15-5-6-19-22(10-15)36-9-8-35-19/h5-6,10-12,16H,3-4,7-9,13-14H2,1-2H3,(H,26,29)/t16-/m0/s1. The van der Waals surface area contributed by atoms with E-state index in [2.05, 4.69) is 5.32 Å². The normalized spacial score (nSPS) is 16.7. The summed E-state index contributed by atoms with van der Waals surface area (Å²) in [5, 5.41) is 3.02.